The molecule has 0 spiro atoms. The van der Waals surface area contributed by atoms with Crippen LogP contribution in [0, 0.1) is 0 Å². The Hall–Kier alpha value is -3.00. The van der Waals surface area contributed by atoms with E-state index < -0.39 is 5.91 Å². The van der Waals surface area contributed by atoms with Gasteiger partial charge in [-0.15, -0.1) is 0 Å². The molecule has 0 atom stereocenters. The lowest BCUT2D eigenvalue weighted by atomic mass is 10.1. The fraction of sp³-hybridized carbons (Fsp3) is 0.409. The van der Waals surface area contributed by atoms with Crippen molar-refractivity contribution in [3.05, 3.63) is 40.5 Å². The van der Waals surface area contributed by atoms with Gasteiger partial charge in [-0.05, 0) is 38.8 Å². The Morgan fingerprint density at radius 2 is 1.74 bits per heavy atom. The molecule has 166 valence electrons. The summed E-state index contributed by atoms with van der Waals surface area (Å²) in [7, 11) is 2.98. The predicted molar refractivity (Wildman–Crippen MR) is 118 cm³/mol. The van der Waals surface area contributed by atoms with Crippen molar-refractivity contribution in [3.63, 3.8) is 0 Å². The van der Waals surface area contributed by atoms with Gasteiger partial charge in [0, 0.05) is 25.4 Å². The van der Waals surface area contributed by atoms with Gasteiger partial charge in [-0.25, -0.2) is 4.98 Å². The van der Waals surface area contributed by atoms with E-state index in [4.69, 9.17) is 25.8 Å². The molecular weight excluding hydrogens is 422 g/mol. The number of anilines is 1. The highest BCUT2D eigenvalue weighted by Crippen LogP contribution is 2.35. The number of halogens is 1. The minimum atomic E-state index is -0.465. The number of carbonyl (C=O) groups is 2. The van der Waals surface area contributed by atoms with Gasteiger partial charge < -0.3 is 24.4 Å². The normalized spacial score (nSPS) is 13.3. The lowest BCUT2D eigenvalue weighted by Gasteiger charge is -2.20. The number of benzene rings is 1. The molecule has 2 amide bonds. The van der Waals surface area contributed by atoms with Crippen molar-refractivity contribution in [2.45, 2.75) is 32.8 Å². The maximum Gasteiger partial charge on any atom is 0.257 e. The van der Waals surface area contributed by atoms with Crippen LogP contribution in [0.2, 0.25) is 5.02 Å². The van der Waals surface area contributed by atoms with Gasteiger partial charge >= 0.3 is 0 Å². The van der Waals surface area contributed by atoms with Gasteiger partial charge in [-0.1, -0.05) is 11.6 Å². The molecular formula is C22H26ClN3O5. The summed E-state index contributed by atoms with van der Waals surface area (Å²) in [6.07, 6.45) is 3.18. The van der Waals surface area contributed by atoms with Crippen LogP contribution in [0.4, 0.5) is 5.69 Å². The number of nitrogens with one attached hydrogen (secondary N) is 1. The molecule has 0 saturated carbocycles. The number of pyridine rings is 1. The zero-order valence-electron chi connectivity index (χ0n) is 18.0. The number of carbonyl (C=O) groups excluding carboxylic acids is 2. The number of ether oxygens (including phenoxy) is 3. The van der Waals surface area contributed by atoms with Crippen molar-refractivity contribution < 1.29 is 23.8 Å². The van der Waals surface area contributed by atoms with Gasteiger partial charge in [-0.2, -0.15) is 0 Å². The Morgan fingerprint density at radius 1 is 1.10 bits per heavy atom. The summed E-state index contributed by atoms with van der Waals surface area (Å²) >= 11 is 6.21. The number of aromatic nitrogens is 1. The minimum Gasteiger partial charge on any atom is -0.493 e. The van der Waals surface area contributed by atoms with Crippen LogP contribution in [0.1, 0.15) is 47.4 Å². The smallest absolute Gasteiger partial charge is 0.257 e. The SMILES string of the molecule is COc1cc(NC(=O)c2cnc(OC(C)C)c(Cl)c2)c(C(=O)N2CCCC2)cc1OC. The van der Waals surface area contributed by atoms with Gasteiger partial charge in [0.05, 0.1) is 37.1 Å². The maximum atomic E-state index is 13.1. The Morgan fingerprint density at radius 3 is 2.32 bits per heavy atom. The summed E-state index contributed by atoms with van der Waals surface area (Å²) in [5.74, 6) is 0.415. The van der Waals surface area contributed by atoms with Crippen molar-refractivity contribution in [2.24, 2.45) is 0 Å². The van der Waals surface area contributed by atoms with Gasteiger partial charge in [0.25, 0.3) is 11.8 Å². The van der Waals surface area contributed by atoms with E-state index in [1.54, 1.807) is 17.0 Å². The number of hydrogen-bond acceptors (Lipinski definition) is 6. The van der Waals surface area contributed by atoms with Crippen molar-refractivity contribution in [1.29, 1.82) is 0 Å². The van der Waals surface area contributed by atoms with Crippen molar-refractivity contribution in [1.82, 2.24) is 9.88 Å². The molecule has 2 aromatic rings. The van der Waals surface area contributed by atoms with Crippen LogP contribution in [0.25, 0.3) is 0 Å². The third-order valence-electron chi connectivity index (χ3n) is 4.81. The van der Waals surface area contributed by atoms with E-state index >= 15 is 0 Å². The number of rotatable bonds is 7. The van der Waals surface area contributed by atoms with Gasteiger partial charge in [0.1, 0.15) is 5.02 Å². The first kappa shape index (κ1) is 22.7. The summed E-state index contributed by atoms with van der Waals surface area (Å²) < 4.78 is 16.2. The first-order chi connectivity index (χ1) is 14.8. The molecule has 0 bridgehead atoms. The molecule has 1 aromatic carbocycles. The first-order valence-corrected chi connectivity index (χ1v) is 10.4. The summed E-state index contributed by atoms with van der Waals surface area (Å²) in [5, 5.41) is 3.01. The van der Waals surface area contributed by atoms with Crippen molar-refractivity contribution >= 4 is 29.1 Å². The first-order valence-electron chi connectivity index (χ1n) is 10.0. The molecule has 1 fully saturated rings. The van der Waals surface area contributed by atoms with Crippen LogP contribution < -0.4 is 19.5 Å². The van der Waals surface area contributed by atoms with Crippen LogP contribution in [0.5, 0.6) is 17.4 Å². The zero-order chi connectivity index (χ0) is 22.5. The third kappa shape index (κ3) is 5.19. The highest BCUT2D eigenvalue weighted by molar-refractivity contribution is 6.32. The van der Waals surface area contributed by atoms with Crippen molar-refractivity contribution in [2.75, 3.05) is 32.6 Å². The van der Waals surface area contributed by atoms with Gasteiger partial charge in [0.2, 0.25) is 5.88 Å². The van der Waals surface area contributed by atoms with Gasteiger partial charge in [-0.3, -0.25) is 9.59 Å². The Kier molecular flexibility index (Phi) is 7.22. The van der Waals surface area contributed by atoms with E-state index in [0.29, 0.717) is 35.8 Å². The molecule has 1 N–H and O–H groups in total. The number of methoxy groups -OCH3 is 2. The van der Waals surface area contributed by atoms with Crippen LogP contribution in [0.3, 0.4) is 0 Å². The fourth-order valence-electron chi connectivity index (χ4n) is 3.30. The predicted octanol–water partition coefficient (Wildman–Crippen LogP) is 4.03. The third-order valence-corrected chi connectivity index (χ3v) is 5.08. The average molecular weight is 448 g/mol. The van der Waals surface area contributed by atoms with Crippen LogP contribution in [-0.4, -0.2) is 55.1 Å². The molecule has 0 radical (unpaired) electrons. The summed E-state index contributed by atoms with van der Waals surface area (Å²) in [6.45, 7) is 5.07. The quantitative estimate of drug-likeness (QED) is 0.689. The second kappa shape index (κ2) is 9.87. The second-order valence-corrected chi connectivity index (χ2v) is 7.79. The van der Waals surface area contributed by atoms with Crippen molar-refractivity contribution in [3.8, 4) is 17.4 Å². The molecule has 1 saturated heterocycles. The minimum absolute atomic E-state index is 0.101. The number of likely N-dealkylation sites (tertiary alicyclic amines) is 1. The van der Waals surface area contributed by atoms with E-state index in [2.05, 4.69) is 10.3 Å². The maximum absolute atomic E-state index is 13.1. The summed E-state index contributed by atoms with van der Waals surface area (Å²) in [6, 6.07) is 4.63. The largest absolute Gasteiger partial charge is 0.493 e. The van der Waals surface area contributed by atoms with E-state index in [9.17, 15) is 9.59 Å². The van der Waals surface area contributed by atoms with Crippen LogP contribution >= 0.6 is 11.6 Å². The van der Waals surface area contributed by atoms with E-state index in [0.717, 1.165) is 12.8 Å². The Balaban J connectivity index is 1.92. The molecule has 9 heteroatoms. The molecule has 3 rings (SSSR count). The summed E-state index contributed by atoms with van der Waals surface area (Å²) in [4.78, 5) is 31.9. The molecule has 31 heavy (non-hydrogen) atoms. The van der Waals surface area contributed by atoms with Crippen LogP contribution in [0.15, 0.2) is 24.4 Å². The van der Waals surface area contributed by atoms with Gasteiger partial charge in [0.15, 0.2) is 11.5 Å². The number of hydrogen-bond donors (Lipinski definition) is 1. The molecule has 1 aromatic heterocycles. The van der Waals surface area contributed by atoms with Crippen LogP contribution in [-0.2, 0) is 0 Å². The summed E-state index contributed by atoms with van der Waals surface area (Å²) in [5.41, 5.74) is 0.875. The Bertz CT molecular complexity index is 974. The molecule has 1 aliphatic rings. The topological polar surface area (TPSA) is 90.0 Å². The lowest BCUT2D eigenvalue weighted by molar-refractivity contribution is 0.0793. The standard InChI is InChI=1S/C22H26ClN3O5/c1-13(2)31-21-16(23)9-14(12-24-21)20(27)25-17-11-19(30-4)18(29-3)10-15(17)22(28)26-7-5-6-8-26/h9-13H,5-8H2,1-4H3,(H,25,27). The molecule has 0 unspecified atom stereocenters. The number of nitrogens with zero attached hydrogens (tertiary/aromatic N) is 2. The average Bonchev–Trinajstić information content (AvgIpc) is 3.29. The molecule has 1 aliphatic heterocycles. The lowest BCUT2D eigenvalue weighted by Crippen LogP contribution is -2.29. The van der Waals surface area contributed by atoms with E-state index in [-0.39, 0.29) is 28.5 Å². The molecule has 2 heterocycles. The molecule has 8 nitrogen and oxygen atoms in total. The Labute approximate surface area is 186 Å². The fourth-order valence-corrected chi connectivity index (χ4v) is 3.51. The monoisotopic (exact) mass is 447 g/mol. The molecule has 0 aliphatic carbocycles. The highest BCUT2D eigenvalue weighted by atomic mass is 35.5. The highest BCUT2D eigenvalue weighted by Gasteiger charge is 2.25. The zero-order valence-corrected chi connectivity index (χ0v) is 18.8. The second-order valence-electron chi connectivity index (χ2n) is 7.38. The van der Waals surface area contributed by atoms with E-state index in [1.807, 2.05) is 13.8 Å². The van der Waals surface area contributed by atoms with E-state index in [1.165, 1.54) is 26.5 Å². The number of amides is 2.